The zero-order valence-electron chi connectivity index (χ0n) is 10.9. The first-order chi connectivity index (χ1) is 7.58. The molecule has 0 radical (unpaired) electrons. The number of hydrogen-bond donors (Lipinski definition) is 0. The van der Waals surface area contributed by atoms with E-state index in [1.807, 2.05) is 0 Å². The molecule has 0 spiro atoms. The molecule has 2 nitrogen and oxygen atoms in total. The van der Waals surface area contributed by atoms with Crippen LogP contribution in [0.5, 0.6) is 0 Å². The average Bonchev–Trinajstić information content (AvgIpc) is 2.28. The van der Waals surface area contributed by atoms with E-state index in [9.17, 15) is 0 Å². The summed E-state index contributed by atoms with van der Waals surface area (Å²) in [5, 5.41) is 0. The molecule has 3 heteroatoms. The molecule has 0 aliphatic rings. The third-order valence-electron chi connectivity index (χ3n) is 3.04. The van der Waals surface area contributed by atoms with Crippen LogP contribution in [0.15, 0.2) is 18.2 Å². The Labute approximate surface area is 100 Å². The lowest BCUT2D eigenvalue weighted by atomic mass is 9.96. The molecule has 0 saturated heterocycles. The molecule has 1 atom stereocenters. The fourth-order valence-electron chi connectivity index (χ4n) is 2.00. The molecule has 1 rings (SSSR count). The quantitative estimate of drug-likeness (QED) is 0.734. The van der Waals surface area contributed by atoms with Crippen molar-refractivity contribution in [2.24, 2.45) is 0 Å². The van der Waals surface area contributed by atoms with Gasteiger partial charge in [0, 0.05) is 14.2 Å². The summed E-state index contributed by atoms with van der Waals surface area (Å²) in [4.78, 5) is 0. The van der Waals surface area contributed by atoms with Crippen LogP contribution >= 0.6 is 0 Å². The SMILES string of the molecule is CO[SiH](CC(C)c1cc(C)ccc1C)OC. The zero-order chi connectivity index (χ0) is 12.1. The number of aryl methyl sites for hydroxylation is 2. The molecule has 0 aliphatic heterocycles. The summed E-state index contributed by atoms with van der Waals surface area (Å²) in [6, 6.07) is 7.65. The summed E-state index contributed by atoms with van der Waals surface area (Å²) in [6.45, 7) is 6.55. The average molecular weight is 238 g/mol. The van der Waals surface area contributed by atoms with E-state index in [0.717, 1.165) is 6.04 Å². The monoisotopic (exact) mass is 238 g/mol. The molecule has 0 heterocycles. The lowest BCUT2D eigenvalue weighted by molar-refractivity contribution is 0.275. The van der Waals surface area contributed by atoms with Crippen molar-refractivity contribution < 1.29 is 8.85 Å². The van der Waals surface area contributed by atoms with E-state index >= 15 is 0 Å². The first kappa shape index (κ1) is 13.4. The van der Waals surface area contributed by atoms with Gasteiger partial charge in [-0.3, -0.25) is 0 Å². The van der Waals surface area contributed by atoms with Gasteiger partial charge in [0.2, 0.25) is 0 Å². The Morgan fingerprint density at radius 3 is 2.38 bits per heavy atom. The van der Waals surface area contributed by atoms with Crippen molar-refractivity contribution in [3.8, 4) is 0 Å². The van der Waals surface area contributed by atoms with Crippen LogP contribution < -0.4 is 0 Å². The lowest BCUT2D eigenvalue weighted by Gasteiger charge is -2.19. The van der Waals surface area contributed by atoms with E-state index in [0.29, 0.717) is 5.92 Å². The van der Waals surface area contributed by atoms with Gasteiger partial charge in [0.05, 0.1) is 0 Å². The third kappa shape index (κ3) is 3.44. The normalized spacial score (nSPS) is 13.1. The molecule has 0 bridgehead atoms. The number of hydrogen-bond acceptors (Lipinski definition) is 2. The fraction of sp³-hybridized carbons (Fsp3) is 0.538. The van der Waals surface area contributed by atoms with Crippen molar-refractivity contribution in [3.63, 3.8) is 0 Å². The minimum Gasteiger partial charge on any atom is -0.400 e. The molecule has 1 unspecified atom stereocenters. The second-order valence-electron chi connectivity index (χ2n) is 4.40. The molecule has 0 N–H and O–H groups in total. The number of rotatable bonds is 5. The van der Waals surface area contributed by atoms with Gasteiger partial charge in [-0.2, -0.15) is 0 Å². The van der Waals surface area contributed by atoms with Crippen molar-refractivity contribution in [1.29, 1.82) is 0 Å². The van der Waals surface area contributed by atoms with Crippen molar-refractivity contribution in [2.45, 2.75) is 32.7 Å². The van der Waals surface area contributed by atoms with Gasteiger partial charge in [-0.25, -0.2) is 0 Å². The van der Waals surface area contributed by atoms with Crippen molar-refractivity contribution in [3.05, 3.63) is 34.9 Å². The minimum atomic E-state index is -1.46. The highest BCUT2D eigenvalue weighted by Gasteiger charge is 2.17. The van der Waals surface area contributed by atoms with Gasteiger partial charge >= 0.3 is 9.28 Å². The lowest BCUT2D eigenvalue weighted by Crippen LogP contribution is -2.21. The van der Waals surface area contributed by atoms with Gasteiger partial charge in [0.15, 0.2) is 0 Å². The minimum absolute atomic E-state index is 0.511. The van der Waals surface area contributed by atoms with Crippen LogP contribution in [0, 0.1) is 13.8 Å². The highest BCUT2D eigenvalue weighted by molar-refractivity contribution is 6.44. The van der Waals surface area contributed by atoms with Gasteiger partial charge in [-0.05, 0) is 36.9 Å². The van der Waals surface area contributed by atoms with E-state index in [-0.39, 0.29) is 0 Å². The predicted molar refractivity (Wildman–Crippen MR) is 70.3 cm³/mol. The van der Waals surface area contributed by atoms with E-state index in [4.69, 9.17) is 8.85 Å². The Morgan fingerprint density at radius 2 is 1.81 bits per heavy atom. The Hall–Kier alpha value is -0.643. The van der Waals surface area contributed by atoms with Crippen molar-refractivity contribution >= 4 is 9.28 Å². The molecule has 1 aromatic rings. The zero-order valence-corrected chi connectivity index (χ0v) is 12.1. The predicted octanol–water partition coefficient (Wildman–Crippen LogP) is 2.92. The molecule has 0 saturated carbocycles. The molecular formula is C13H22O2Si. The van der Waals surface area contributed by atoms with Crippen LogP contribution in [0.1, 0.15) is 29.5 Å². The molecular weight excluding hydrogens is 216 g/mol. The van der Waals surface area contributed by atoms with Crippen LogP contribution in [0.3, 0.4) is 0 Å². The van der Waals surface area contributed by atoms with E-state index in [1.165, 1.54) is 16.7 Å². The molecule has 0 aliphatic carbocycles. The molecule has 0 fully saturated rings. The van der Waals surface area contributed by atoms with Gasteiger partial charge in [0.25, 0.3) is 0 Å². The van der Waals surface area contributed by atoms with Gasteiger partial charge in [0.1, 0.15) is 0 Å². The van der Waals surface area contributed by atoms with Crippen LogP contribution in [0.2, 0.25) is 6.04 Å². The van der Waals surface area contributed by atoms with Crippen LogP contribution in [-0.4, -0.2) is 23.5 Å². The molecule has 0 amide bonds. The summed E-state index contributed by atoms with van der Waals surface area (Å²) in [5.74, 6) is 0.511. The van der Waals surface area contributed by atoms with E-state index in [1.54, 1.807) is 14.2 Å². The summed E-state index contributed by atoms with van der Waals surface area (Å²) >= 11 is 0. The fourth-order valence-corrected chi connectivity index (χ4v) is 3.40. The molecule has 0 aromatic heterocycles. The Kier molecular flexibility index (Phi) is 5.18. The van der Waals surface area contributed by atoms with Crippen molar-refractivity contribution in [1.82, 2.24) is 0 Å². The van der Waals surface area contributed by atoms with Gasteiger partial charge < -0.3 is 8.85 Å². The highest BCUT2D eigenvalue weighted by Crippen LogP contribution is 2.25. The maximum atomic E-state index is 5.38. The standard InChI is InChI=1S/C13H22O2Si/c1-10-6-7-11(2)13(8-10)12(3)9-16(14-4)15-5/h6-8,12,16H,9H2,1-5H3. The summed E-state index contributed by atoms with van der Waals surface area (Å²) in [6.07, 6.45) is 0. The van der Waals surface area contributed by atoms with E-state index < -0.39 is 9.28 Å². The van der Waals surface area contributed by atoms with Gasteiger partial charge in [-0.1, -0.05) is 30.7 Å². The second kappa shape index (κ2) is 6.18. The third-order valence-corrected chi connectivity index (χ3v) is 5.18. The molecule has 16 heavy (non-hydrogen) atoms. The largest absolute Gasteiger partial charge is 0.400 e. The maximum absolute atomic E-state index is 5.38. The first-order valence-electron chi connectivity index (χ1n) is 5.71. The highest BCUT2D eigenvalue weighted by atomic mass is 28.3. The molecule has 90 valence electrons. The molecule has 1 aromatic carbocycles. The van der Waals surface area contributed by atoms with Crippen LogP contribution in [-0.2, 0) is 8.85 Å². The van der Waals surface area contributed by atoms with Crippen LogP contribution in [0.25, 0.3) is 0 Å². The second-order valence-corrected chi connectivity index (χ2v) is 6.67. The van der Waals surface area contributed by atoms with Gasteiger partial charge in [-0.15, -0.1) is 0 Å². The van der Waals surface area contributed by atoms with E-state index in [2.05, 4.69) is 39.0 Å². The Bertz CT molecular complexity index is 335. The smallest absolute Gasteiger partial charge is 0.321 e. The van der Waals surface area contributed by atoms with Crippen molar-refractivity contribution in [2.75, 3.05) is 14.2 Å². The first-order valence-corrected chi connectivity index (χ1v) is 7.47. The summed E-state index contributed by atoms with van der Waals surface area (Å²) in [5.41, 5.74) is 4.10. The Morgan fingerprint density at radius 1 is 1.19 bits per heavy atom. The maximum Gasteiger partial charge on any atom is 0.321 e. The van der Waals surface area contributed by atoms with Crippen LogP contribution in [0.4, 0.5) is 0 Å². The number of benzene rings is 1. The summed E-state index contributed by atoms with van der Waals surface area (Å²) in [7, 11) is 2.04. The summed E-state index contributed by atoms with van der Waals surface area (Å²) < 4.78 is 10.8. The Balaban J connectivity index is 2.79. The topological polar surface area (TPSA) is 18.5 Å².